The summed E-state index contributed by atoms with van der Waals surface area (Å²) in [6, 6.07) is 13.2. The Kier molecular flexibility index (Phi) is 6.31. The number of nitrogens with one attached hydrogen (secondary N) is 1. The third-order valence-electron chi connectivity index (χ3n) is 3.35. The van der Waals surface area contributed by atoms with Crippen molar-refractivity contribution in [3.63, 3.8) is 0 Å². The molecule has 0 atom stereocenters. The minimum atomic E-state index is 0.313. The molecule has 0 heterocycles. The molecular weight excluding hydrogens is 306 g/mol. The maximum Gasteiger partial charge on any atom is 0.193 e. The highest BCUT2D eigenvalue weighted by Crippen LogP contribution is 2.29. The molecule has 0 aliphatic carbocycles. The van der Waals surface area contributed by atoms with E-state index in [1.807, 2.05) is 37.3 Å². The number of nitrogens with two attached hydrogens (primary N) is 1. The van der Waals surface area contributed by atoms with Crippen molar-refractivity contribution in [2.45, 2.75) is 13.5 Å². The second-order valence-corrected chi connectivity index (χ2v) is 4.94. The maximum atomic E-state index is 5.97. The van der Waals surface area contributed by atoms with Gasteiger partial charge >= 0.3 is 0 Å². The van der Waals surface area contributed by atoms with Crippen LogP contribution in [0.2, 0.25) is 0 Å². The van der Waals surface area contributed by atoms with Crippen LogP contribution < -0.4 is 25.3 Å². The van der Waals surface area contributed by atoms with Gasteiger partial charge in [-0.2, -0.15) is 0 Å². The van der Waals surface area contributed by atoms with Crippen molar-refractivity contribution in [2.24, 2.45) is 10.7 Å². The molecular formula is C18H23N3O3. The van der Waals surface area contributed by atoms with Crippen molar-refractivity contribution in [1.82, 2.24) is 0 Å². The summed E-state index contributed by atoms with van der Waals surface area (Å²) in [4.78, 5) is 4.36. The molecule has 0 unspecified atom stereocenters. The Balaban J connectivity index is 2.07. The van der Waals surface area contributed by atoms with Gasteiger partial charge in [-0.3, -0.25) is 0 Å². The number of para-hydroxylation sites is 1. The fourth-order valence-electron chi connectivity index (χ4n) is 2.20. The number of aliphatic imine (C=N–C) groups is 1. The van der Waals surface area contributed by atoms with Gasteiger partial charge < -0.3 is 25.3 Å². The second kappa shape index (κ2) is 8.67. The van der Waals surface area contributed by atoms with Crippen LogP contribution in [0.25, 0.3) is 0 Å². The first-order valence-corrected chi connectivity index (χ1v) is 7.67. The normalized spacial score (nSPS) is 11.0. The summed E-state index contributed by atoms with van der Waals surface area (Å²) in [5, 5.41) is 3.04. The van der Waals surface area contributed by atoms with Crippen LogP contribution in [-0.4, -0.2) is 26.8 Å². The third-order valence-corrected chi connectivity index (χ3v) is 3.35. The smallest absolute Gasteiger partial charge is 0.193 e. The molecule has 0 spiro atoms. The van der Waals surface area contributed by atoms with Crippen LogP contribution in [0.3, 0.4) is 0 Å². The van der Waals surface area contributed by atoms with Crippen LogP contribution in [0.1, 0.15) is 12.5 Å². The Labute approximate surface area is 142 Å². The van der Waals surface area contributed by atoms with E-state index in [-0.39, 0.29) is 0 Å². The summed E-state index contributed by atoms with van der Waals surface area (Å²) >= 11 is 0. The summed E-state index contributed by atoms with van der Waals surface area (Å²) in [6.45, 7) is 3.00. The summed E-state index contributed by atoms with van der Waals surface area (Å²) in [6.07, 6.45) is 0. The van der Waals surface area contributed by atoms with Gasteiger partial charge in [0.05, 0.1) is 27.4 Å². The zero-order valence-electron chi connectivity index (χ0n) is 14.2. The molecule has 0 saturated heterocycles. The van der Waals surface area contributed by atoms with E-state index in [9.17, 15) is 0 Å². The van der Waals surface area contributed by atoms with Crippen molar-refractivity contribution in [3.05, 3.63) is 48.0 Å². The molecule has 0 fully saturated rings. The Hall–Kier alpha value is -2.89. The Morgan fingerprint density at radius 1 is 1.04 bits per heavy atom. The minimum Gasteiger partial charge on any atom is -0.494 e. The molecule has 0 aliphatic rings. The average Bonchev–Trinajstić information content (AvgIpc) is 2.61. The van der Waals surface area contributed by atoms with Crippen LogP contribution in [0.15, 0.2) is 47.5 Å². The summed E-state index contributed by atoms with van der Waals surface area (Å²) in [7, 11) is 3.18. The van der Waals surface area contributed by atoms with Crippen LogP contribution >= 0.6 is 0 Å². The first-order chi connectivity index (χ1) is 11.7. The van der Waals surface area contributed by atoms with Gasteiger partial charge in [-0.05, 0) is 25.1 Å². The molecule has 3 N–H and O–H groups in total. The number of guanidine groups is 1. The molecule has 0 bridgehead atoms. The molecule has 0 aliphatic heterocycles. The van der Waals surface area contributed by atoms with Gasteiger partial charge in [0.2, 0.25) is 0 Å². The lowest BCUT2D eigenvalue weighted by atomic mass is 10.2. The van der Waals surface area contributed by atoms with Gasteiger partial charge in [-0.1, -0.05) is 18.2 Å². The molecule has 2 rings (SSSR count). The lowest BCUT2D eigenvalue weighted by Crippen LogP contribution is -2.22. The molecule has 24 heavy (non-hydrogen) atoms. The van der Waals surface area contributed by atoms with Gasteiger partial charge in [0.15, 0.2) is 17.5 Å². The molecule has 128 valence electrons. The Morgan fingerprint density at radius 3 is 2.50 bits per heavy atom. The van der Waals surface area contributed by atoms with E-state index in [0.29, 0.717) is 30.6 Å². The fraction of sp³-hybridized carbons (Fsp3) is 0.278. The summed E-state index contributed by atoms with van der Waals surface area (Å²) in [5.41, 5.74) is 7.72. The van der Waals surface area contributed by atoms with Gasteiger partial charge in [0.25, 0.3) is 0 Å². The number of nitrogens with zero attached hydrogens (tertiary/aromatic N) is 1. The molecule has 6 heteroatoms. The molecule has 2 aromatic rings. The van der Waals surface area contributed by atoms with Gasteiger partial charge in [-0.15, -0.1) is 0 Å². The zero-order valence-corrected chi connectivity index (χ0v) is 14.2. The average molecular weight is 329 g/mol. The molecule has 0 aromatic heterocycles. The predicted molar refractivity (Wildman–Crippen MR) is 96.1 cm³/mol. The zero-order chi connectivity index (χ0) is 17.4. The Bertz CT molecular complexity index is 702. The van der Waals surface area contributed by atoms with Crippen molar-refractivity contribution in [2.75, 3.05) is 26.1 Å². The van der Waals surface area contributed by atoms with E-state index >= 15 is 0 Å². The van der Waals surface area contributed by atoms with E-state index in [4.69, 9.17) is 19.9 Å². The highest BCUT2D eigenvalue weighted by Gasteiger charge is 2.06. The summed E-state index contributed by atoms with van der Waals surface area (Å²) in [5.74, 6) is 2.41. The highest BCUT2D eigenvalue weighted by atomic mass is 16.5. The maximum absolute atomic E-state index is 5.97. The van der Waals surface area contributed by atoms with E-state index in [0.717, 1.165) is 17.0 Å². The molecule has 6 nitrogen and oxygen atoms in total. The van der Waals surface area contributed by atoms with Gasteiger partial charge in [0.1, 0.15) is 5.75 Å². The molecule has 0 saturated carbocycles. The first kappa shape index (κ1) is 17.5. The number of hydrogen-bond donors (Lipinski definition) is 2. The van der Waals surface area contributed by atoms with Crippen LogP contribution in [0.4, 0.5) is 5.69 Å². The van der Waals surface area contributed by atoms with Crippen LogP contribution in [-0.2, 0) is 6.54 Å². The van der Waals surface area contributed by atoms with Gasteiger partial charge in [-0.25, -0.2) is 4.99 Å². The topological polar surface area (TPSA) is 78.1 Å². The Morgan fingerprint density at radius 2 is 1.79 bits per heavy atom. The second-order valence-electron chi connectivity index (χ2n) is 4.94. The van der Waals surface area contributed by atoms with E-state index in [2.05, 4.69) is 10.3 Å². The van der Waals surface area contributed by atoms with E-state index in [1.165, 1.54) is 0 Å². The van der Waals surface area contributed by atoms with Crippen LogP contribution in [0, 0.1) is 0 Å². The number of methoxy groups -OCH3 is 2. The fourth-order valence-corrected chi connectivity index (χ4v) is 2.20. The SMILES string of the molecule is CCOc1ccccc1CN=C(N)Nc1ccc(OC)c(OC)c1. The quantitative estimate of drug-likeness (QED) is 0.603. The molecule has 0 amide bonds. The molecule has 2 aromatic carbocycles. The first-order valence-electron chi connectivity index (χ1n) is 7.67. The van der Waals surface area contributed by atoms with Crippen molar-refractivity contribution >= 4 is 11.6 Å². The number of anilines is 1. The minimum absolute atomic E-state index is 0.313. The molecule has 0 radical (unpaired) electrons. The van der Waals surface area contributed by atoms with Crippen LogP contribution in [0.5, 0.6) is 17.2 Å². The van der Waals surface area contributed by atoms with Crippen molar-refractivity contribution in [1.29, 1.82) is 0 Å². The highest BCUT2D eigenvalue weighted by molar-refractivity contribution is 5.92. The van der Waals surface area contributed by atoms with Crippen molar-refractivity contribution in [3.8, 4) is 17.2 Å². The number of hydrogen-bond acceptors (Lipinski definition) is 4. The van der Waals surface area contributed by atoms with Gasteiger partial charge in [0, 0.05) is 17.3 Å². The van der Waals surface area contributed by atoms with Crippen molar-refractivity contribution < 1.29 is 14.2 Å². The predicted octanol–water partition coefficient (Wildman–Crippen LogP) is 3.03. The summed E-state index contributed by atoms with van der Waals surface area (Å²) < 4.78 is 16.1. The number of ether oxygens (including phenoxy) is 3. The third kappa shape index (κ3) is 4.55. The lowest BCUT2D eigenvalue weighted by Gasteiger charge is -2.11. The monoisotopic (exact) mass is 329 g/mol. The van der Waals surface area contributed by atoms with E-state index in [1.54, 1.807) is 26.4 Å². The standard InChI is InChI=1S/C18H23N3O3/c1-4-24-15-8-6-5-7-13(15)12-20-18(19)21-14-9-10-16(22-2)17(11-14)23-3/h5-11H,4,12H2,1-3H3,(H3,19,20,21). The number of benzene rings is 2. The lowest BCUT2D eigenvalue weighted by molar-refractivity contribution is 0.336. The largest absolute Gasteiger partial charge is 0.494 e. The van der Waals surface area contributed by atoms with E-state index < -0.39 is 0 Å². The number of rotatable bonds is 7.